The van der Waals surface area contributed by atoms with Gasteiger partial charge in [-0.1, -0.05) is 13.8 Å². The van der Waals surface area contributed by atoms with Crippen molar-refractivity contribution in [3.63, 3.8) is 0 Å². The molecule has 3 aromatic rings. The number of hydrogen-bond acceptors (Lipinski definition) is 8. The van der Waals surface area contributed by atoms with Gasteiger partial charge in [-0.25, -0.2) is 4.79 Å². The zero-order chi connectivity index (χ0) is 22.9. The number of carboxylic acids is 2. The van der Waals surface area contributed by atoms with Crippen LogP contribution in [0.4, 0.5) is 5.95 Å². The van der Waals surface area contributed by atoms with E-state index >= 15 is 0 Å². The zero-order valence-corrected chi connectivity index (χ0v) is 17.5. The van der Waals surface area contributed by atoms with Crippen LogP contribution in [0.5, 0.6) is 5.88 Å². The molecule has 0 saturated carbocycles. The van der Waals surface area contributed by atoms with Gasteiger partial charge < -0.3 is 31.4 Å². The van der Waals surface area contributed by atoms with Crippen molar-refractivity contribution in [2.75, 3.05) is 5.73 Å². The zero-order valence-electron chi connectivity index (χ0n) is 16.7. The third-order valence-electron chi connectivity index (χ3n) is 4.90. The van der Waals surface area contributed by atoms with Crippen LogP contribution in [-0.4, -0.2) is 54.2 Å². The van der Waals surface area contributed by atoms with Crippen LogP contribution in [0, 0.1) is 0 Å². The lowest BCUT2D eigenvalue weighted by Gasteiger charge is -2.23. The molecule has 3 heterocycles. The number of aromatic amines is 1. The van der Waals surface area contributed by atoms with Crippen molar-refractivity contribution in [2.24, 2.45) is 0 Å². The standard InChI is InChI=1S/C19H21N5O6S/c1-19(2,8-7-21-14-13(8)16(28)24-18(20)23-14)11-5-4-10(31-11)15(27)22-9(17(29)30)3-6-12(25)26/h4-5,7,9H,3,6H2,1-2H3,(H,22,27)(H,25,26)(H,29,30)(H4,20,21,23,24,28)/t9-/m0/s1. The van der Waals surface area contributed by atoms with Gasteiger partial charge in [0, 0.05) is 22.9 Å². The first kappa shape index (κ1) is 22.0. The first-order valence-corrected chi connectivity index (χ1v) is 10.0. The second kappa shape index (κ2) is 8.22. The molecule has 0 aliphatic carbocycles. The Morgan fingerprint density at radius 2 is 1.97 bits per heavy atom. The number of anilines is 1. The van der Waals surface area contributed by atoms with Crippen molar-refractivity contribution in [1.29, 1.82) is 0 Å². The molecule has 1 amide bonds. The van der Waals surface area contributed by atoms with E-state index in [2.05, 4.69) is 20.3 Å². The molecule has 31 heavy (non-hydrogen) atoms. The topological polar surface area (TPSA) is 192 Å². The van der Waals surface area contributed by atoms with E-state index in [4.69, 9.17) is 10.8 Å². The van der Waals surface area contributed by atoms with E-state index in [-0.39, 0.29) is 29.5 Å². The van der Waals surface area contributed by atoms with Crippen LogP contribution in [0.3, 0.4) is 0 Å². The highest BCUT2D eigenvalue weighted by Crippen LogP contribution is 2.41. The van der Waals surface area contributed by atoms with Crippen LogP contribution in [0.1, 0.15) is 46.8 Å². The van der Waals surface area contributed by atoms with Crippen LogP contribution in [0.25, 0.3) is 11.0 Å². The van der Waals surface area contributed by atoms with Crippen molar-refractivity contribution < 1.29 is 29.7 Å². The molecule has 0 unspecified atom stereocenters. The van der Waals surface area contributed by atoms with E-state index in [1.807, 2.05) is 13.8 Å². The van der Waals surface area contributed by atoms with Gasteiger partial charge in [0.15, 0.2) is 0 Å². The lowest BCUT2D eigenvalue weighted by molar-refractivity contribution is -0.140. The number of H-pyrrole nitrogens is 1. The van der Waals surface area contributed by atoms with E-state index < -0.39 is 29.3 Å². The van der Waals surface area contributed by atoms with Crippen LogP contribution in [0.15, 0.2) is 18.3 Å². The minimum atomic E-state index is -1.31. The summed E-state index contributed by atoms with van der Waals surface area (Å²) in [7, 11) is 0. The number of aromatic hydroxyl groups is 1. The number of aliphatic carboxylic acids is 2. The van der Waals surface area contributed by atoms with Gasteiger partial charge in [0.1, 0.15) is 11.7 Å². The molecular formula is C19H21N5O6S. The van der Waals surface area contributed by atoms with Gasteiger partial charge in [0.25, 0.3) is 5.91 Å². The monoisotopic (exact) mass is 447 g/mol. The van der Waals surface area contributed by atoms with Crippen molar-refractivity contribution in [2.45, 2.75) is 38.1 Å². The maximum Gasteiger partial charge on any atom is 0.326 e. The molecule has 0 aliphatic rings. The Hall–Kier alpha value is -3.67. The summed E-state index contributed by atoms with van der Waals surface area (Å²) in [6, 6.07) is 1.99. The van der Waals surface area contributed by atoms with Gasteiger partial charge in [-0.3, -0.25) is 9.59 Å². The lowest BCUT2D eigenvalue weighted by Crippen LogP contribution is -2.40. The Morgan fingerprint density at radius 3 is 2.61 bits per heavy atom. The van der Waals surface area contributed by atoms with E-state index in [9.17, 15) is 24.6 Å². The summed E-state index contributed by atoms with van der Waals surface area (Å²) >= 11 is 1.16. The minimum Gasteiger partial charge on any atom is -0.493 e. The average Bonchev–Trinajstić information content (AvgIpc) is 3.32. The number of aromatic nitrogens is 3. The third-order valence-corrected chi connectivity index (χ3v) is 6.31. The predicted molar refractivity (Wildman–Crippen MR) is 112 cm³/mol. The molecule has 12 heteroatoms. The maximum absolute atomic E-state index is 12.5. The number of carbonyl (C=O) groups is 3. The number of fused-ring (bicyclic) bond motifs is 1. The van der Waals surface area contributed by atoms with Gasteiger partial charge in [-0.05, 0) is 24.1 Å². The lowest BCUT2D eigenvalue weighted by atomic mass is 9.83. The van der Waals surface area contributed by atoms with Crippen LogP contribution < -0.4 is 11.1 Å². The average molecular weight is 447 g/mol. The quantitative estimate of drug-likeness (QED) is 0.298. The molecule has 0 spiro atoms. The Balaban J connectivity index is 1.86. The van der Waals surface area contributed by atoms with E-state index in [1.165, 1.54) is 0 Å². The van der Waals surface area contributed by atoms with E-state index in [0.29, 0.717) is 16.6 Å². The molecule has 0 aromatic carbocycles. The smallest absolute Gasteiger partial charge is 0.326 e. The maximum atomic E-state index is 12.5. The summed E-state index contributed by atoms with van der Waals surface area (Å²) < 4.78 is 0. The van der Waals surface area contributed by atoms with Crippen LogP contribution >= 0.6 is 11.3 Å². The number of rotatable bonds is 8. The first-order valence-electron chi connectivity index (χ1n) is 9.20. The van der Waals surface area contributed by atoms with Gasteiger partial charge >= 0.3 is 11.9 Å². The van der Waals surface area contributed by atoms with E-state index in [1.54, 1.807) is 18.3 Å². The SMILES string of the molecule is CC(C)(c1ccc(C(=O)N[C@@H](CCC(=O)O)C(=O)O)s1)c1c[nH]c2nc(N)nc(O)c12. The largest absolute Gasteiger partial charge is 0.493 e. The molecule has 0 fully saturated rings. The minimum absolute atomic E-state index is 0.0674. The summed E-state index contributed by atoms with van der Waals surface area (Å²) in [5, 5.41) is 31.0. The Bertz CT molecular complexity index is 1170. The highest BCUT2D eigenvalue weighted by Gasteiger charge is 2.31. The fourth-order valence-corrected chi connectivity index (χ4v) is 4.23. The number of carboxylic acid groups (broad SMARTS) is 2. The molecule has 164 valence electrons. The van der Waals surface area contributed by atoms with Crippen LogP contribution in [0.2, 0.25) is 0 Å². The van der Waals surface area contributed by atoms with Crippen molar-refractivity contribution >= 4 is 46.2 Å². The summed E-state index contributed by atoms with van der Waals surface area (Å²) in [6.07, 6.45) is 1.08. The van der Waals surface area contributed by atoms with Crippen molar-refractivity contribution in [3.8, 4) is 5.88 Å². The number of nitrogens with two attached hydrogens (primary N) is 1. The molecule has 0 bridgehead atoms. The second-order valence-corrected chi connectivity index (χ2v) is 8.50. The summed E-state index contributed by atoms with van der Waals surface area (Å²) in [6.45, 7) is 3.79. The second-order valence-electron chi connectivity index (χ2n) is 7.42. The number of carbonyl (C=O) groups excluding carboxylic acids is 1. The molecule has 3 aromatic heterocycles. The highest BCUT2D eigenvalue weighted by atomic mass is 32.1. The number of hydrogen-bond donors (Lipinski definition) is 6. The summed E-state index contributed by atoms with van der Waals surface area (Å²) in [5.41, 5.74) is 5.99. The number of nitrogens with one attached hydrogen (secondary N) is 2. The molecule has 0 radical (unpaired) electrons. The van der Waals surface area contributed by atoms with Gasteiger partial charge in [-0.2, -0.15) is 9.97 Å². The Morgan fingerprint density at radius 1 is 1.26 bits per heavy atom. The van der Waals surface area contributed by atoms with Gasteiger partial charge in [0.05, 0.1) is 10.3 Å². The molecule has 0 aliphatic heterocycles. The molecular weight excluding hydrogens is 426 g/mol. The molecule has 0 saturated heterocycles. The van der Waals surface area contributed by atoms with Gasteiger partial charge in [-0.15, -0.1) is 11.3 Å². The molecule has 7 N–H and O–H groups in total. The van der Waals surface area contributed by atoms with E-state index in [0.717, 1.165) is 16.2 Å². The van der Waals surface area contributed by atoms with Crippen LogP contribution in [-0.2, 0) is 15.0 Å². The van der Waals surface area contributed by atoms with Crippen molar-refractivity contribution in [3.05, 3.63) is 33.6 Å². The normalized spacial score (nSPS) is 12.6. The molecule has 1 atom stereocenters. The molecule has 11 nitrogen and oxygen atoms in total. The number of nitrogen functional groups attached to an aromatic ring is 1. The Kier molecular flexibility index (Phi) is 5.84. The van der Waals surface area contributed by atoms with Crippen molar-refractivity contribution in [1.82, 2.24) is 20.3 Å². The number of nitrogens with zero attached hydrogens (tertiary/aromatic N) is 2. The molecule has 3 rings (SSSR count). The fraction of sp³-hybridized carbons (Fsp3) is 0.316. The summed E-state index contributed by atoms with van der Waals surface area (Å²) in [4.78, 5) is 46.4. The number of thiophene rings is 1. The Labute approximate surface area is 180 Å². The van der Waals surface area contributed by atoms with Gasteiger partial charge in [0.2, 0.25) is 11.8 Å². The highest BCUT2D eigenvalue weighted by molar-refractivity contribution is 7.14. The number of amides is 1. The summed E-state index contributed by atoms with van der Waals surface area (Å²) in [5.74, 6) is -3.39. The first-order chi connectivity index (χ1) is 14.5. The predicted octanol–water partition coefficient (Wildman–Crippen LogP) is 1.68. The third kappa shape index (κ3) is 4.43. The fourth-order valence-electron chi connectivity index (χ4n) is 3.21.